The number of unbranched alkanes of at least 4 members (excludes halogenated alkanes) is 1. The highest BCUT2D eigenvalue weighted by atomic mass is 16.5. The Hall–Kier alpha value is -2.34. The lowest BCUT2D eigenvalue weighted by atomic mass is 10.0. The first kappa shape index (κ1) is 19.4. The SMILES string of the molecule is CCCCc1nnc(OC2CCN(C)CC2)cc1-c1ccc(O)c(OC)c1. The van der Waals surface area contributed by atoms with Crippen molar-refractivity contribution in [3.8, 4) is 28.5 Å². The Bertz CT molecular complexity index is 758. The van der Waals surface area contributed by atoms with Gasteiger partial charge in [0.15, 0.2) is 11.5 Å². The molecule has 3 rings (SSSR count). The number of aryl methyl sites for hydroxylation is 1. The number of hydrogen-bond acceptors (Lipinski definition) is 6. The number of likely N-dealkylation sites (tertiary alicyclic amines) is 1. The quantitative estimate of drug-likeness (QED) is 0.801. The van der Waals surface area contributed by atoms with E-state index in [0.29, 0.717) is 11.6 Å². The van der Waals surface area contributed by atoms with Gasteiger partial charge < -0.3 is 19.5 Å². The highest BCUT2D eigenvalue weighted by molar-refractivity contribution is 5.69. The summed E-state index contributed by atoms with van der Waals surface area (Å²) < 4.78 is 11.4. The summed E-state index contributed by atoms with van der Waals surface area (Å²) in [4.78, 5) is 2.31. The van der Waals surface area contributed by atoms with Crippen molar-refractivity contribution in [3.05, 3.63) is 30.0 Å². The molecule has 1 N–H and O–H groups in total. The van der Waals surface area contributed by atoms with E-state index in [0.717, 1.165) is 62.0 Å². The predicted molar refractivity (Wildman–Crippen MR) is 105 cm³/mol. The van der Waals surface area contributed by atoms with Crippen molar-refractivity contribution in [2.24, 2.45) is 0 Å². The Morgan fingerprint density at radius 1 is 1.19 bits per heavy atom. The van der Waals surface area contributed by atoms with Gasteiger partial charge in [0.1, 0.15) is 6.10 Å². The Labute approximate surface area is 161 Å². The van der Waals surface area contributed by atoms with Crippen molar-refractivity contribution >= 4 is 0 Å². The third kappa shape index (κ3) is 4.89. The second-order valence-electron chi connectivity index (χ2n) is 7.15. The fraction of sp³-hybridized carbons (Fsp3) is 0.524. The Balaban J connectivity index is 1.89. The summed E-state index contributed by atoms with van der Waals surface area (Å²) in [5.41, 5.74) is 2.87. The summed E-state index contributed by atoms with van der Waals surface area (Å²) in [7, 11) is 3.69. The van der Waals surface area contributed by atoms with E-state index in [2.05, 4.69) is 29.1 Å². The highest BCUT2D eigenvalue weighted by Gasteiger charge is 2.20. The Morgan fingerprint density at radius 3 is 2.67 bits per heavy atom. The first-order chi connectivity index (χ1) is 13.1. The number of phenolic OH excluding ortho intramolecular Hbond substituents is 1. The van der Waals surface area contributed by atoms with E-state index < -0.39 is 0 Å². The van der Waals surface area contributed by atoms with E-state index in [1.807, 2.05) is 18.2 Å². The second-order valence-corrected chi connectivity index (χ2v) is 7.15. The van der Waals surface area contributed by atoms with Gasteiger partial charge in [-0.1, -0.05) is 19.4 Å². The molecule has 1 aliphatic heterocycles. The van der Waals surface area contributed by atoms with Crippen LogP contribution in [0.4, 0.5) is 0 Å². The van der Waals surface area contributed by atoms with Crippen LogP contribution in [0.5, 0.6) is 17.4 Å². The van der Waals surface area contributed by atoms with Crippen LogP contribution in [0.3, 0.4) is 0 Å². The molecule has 1 aliphatic rings. The smallest absolute Gasteiger partial charge is 0.234 e. The van der Waals surface area contributed by atoms with E-state index in [4.69, 9.17) is 9.47 Å². The first-order valence-corrected chi connectivity index (χ1v) is 9.70. The van der Waals surface area contributed by atoms with Crippen molar-refractivity contribution < 1.29 is 14.6 Å². The number of rotatable bonds is 7. The van der Waals surface area contributed by atoms with Gasteiger partial charge in [-0.25, -0.2) is 0 Å². The molecule has 27 heavy (non-hydrogen) atoms. The zero-order valence-corrected chi connectivity index (χ0v) is 16.4. The van der Waals surface area contributed by atoms with Gasteiger partial charge in [-0.3, -0.25) is 0 Å². The third-order valence-electron chi connectivity index (χ3n) is 5.06. The Morgan fingerprint density at radius 2 is 1.96 bits per heavy atom. The molecule has 0 radical (unpaired) electrons. The molecular weight excluding hydrogens is 342 g/mol. The number of aromatic hydroxyl groups is 1. The molecule has 146 valence electrons. The Kier molecular flexibility index (Phi) is 6.50. The minimum absolute atomic E-state index is 0.126. The van der Waals surface area contributed by atoms with Crippen molar-refractivity contribution in [2.45, 2.75) is 45.1 Å². The number of aromatic nitrogens is 2. The maximum Gasteiger partial charge on any atom is 0.234 e. The van der Waals surface area contributed by atoms with Crippen molar-refractivity contribution in [1.82, 2.24) is 15.1 Å². The summed E-state index contributed by atoms with van der Waals surface area (Å²) in [6.07, 6.45) is 5.17. The van der Waals surface area contributed by atoms with Gasteiger partial charge in [-0.2, -0.15) is 5.10 Å². The fourth-order valence-electron chi connectivity index (χ4n) is 3.35. The number of phenols is 1. The maximum absolute atomic E-state index is 9.90. The summed E-state index contributed by atoms with van der Waals surface area (Å²) in [5, 5.41) is 18.7. The van der Waals surface area contributed by atoms with Crippen molar-refractivity contribution in [3.63, 3.8) is 0 Å². The van der Waals surface area contributed by atoms with Crippen LogP contribution >= 0.6 is 0 Å². The molecule has 1 fully saturated rings. The van der Waals surface area contributed by atoms with Gasteiger partial charge in [0.25, 0.3) is 0 Å². The van der Waals surface area contributed by atoms with Crippen LogP contribution in [0.1, 0.15) is 38.3 Å². The maximum atomic E-state index is 9.90. The molecule has 0 atom stereocenters. The van der Waals surface area contributed by atoms with Crippen molar-refractivity contribution in [2.75, 3.05) is 27.2 Å². The molecule has 0 bridgehead atoms. The molecule has 6 nitrogen and oxygen atoms in total. The van der Waals surface area contributed by atoms with E-state index >= 15 is 0 Å². The molecular formula is C21H29N3O3. The number of methoxy groups -OCH3 is 1. The van der Waals surface area contributed by atoms with E-state index in [1.165, 1.54) is 0 Å². The summed E-state index contributed by atoms with van der Waals surface area (Å²) in [6, 6.07) is 7.34. The van der Waals surface area contributed by atoms with Gasteiger partial charge in [0.2, 0.25) is 5.88 Å². The fourth-order valence-corrected chi connectivity index (χ4v) is 3.35. The van der Waals surface area contributed by atoms with Gasteiger partial charge in [0, 0.05) is 24.7 Å². The number of piperidine rings is 1. The van der Waals surface area contributed by atoms with Crippen LogP contribution in [0, 0.1) is 0 Å². The molecule has 0 spiro atoms. The highest BCUT2D eigenvalue weighted by Crippen LogP contribution is 2.34. The number of nitrogens with zero attached hydrogens (tertiary/aromatic N) is 3. The zero-order valence-electron chi connectivity index (χ0n) is 16.4. The average molecular weight is 371 g/mol. The predicted octanol–water partition coefficient (Wildman–Crippen LogP) is 3.67. The zero-order chi connectivity index (χ0) is 19.2. The van der Waals surface area contributed by atoms with Gasteiger partial charge >= 0.3 is 0 Å². The monoisotopic (exact) mass is 371 g/mol. The van der Waals surface area contributed by atoms with Crippen LogP contribution in [0.2, 0.25) is 0 Å². The topological polar surface area (TPSA) is 67.7 Å². The molecule has 0 aliphatic carbocycles. The summed E-state index contributed by atoms with van der Waals surface area (Å²) in [5.74, 6) is 1.14. The normalized spacial score (nSPS) is 15.7. The van der Waals surface area contributed by atoms with Gasteiger partial charge in [0.05, 0.1) is 12.8 Å². The summed E-state index contributed by atoms with van der Waals surface area (Å²) in [6.45, 7) is 4.23. The van der Waals surface area contributed by atoms with Crippen LogP contribution in [0.15, 0.2) is 24.3 Å². The van der Waals surface area contributed by atoms with Crippen molar-refractivity contribution in [1.29, 1.82) is 0 Å². The molecule has 2 heterocycles. The van der Waals surface area contributed by atoms with Crippen LogP contribution in [-0.4, -0.2) is 53.6 Å². The lowest BCUT2D eigenvalue weighted by Gasteiger charge is -2.28. The third-order valence-corrected chi connectivity index (χ3v) is 5.06. The number of ether oxygens (including phenoxy) is 2. The number of hydrogen-bond donors (Lipinski definition) is 1. The molecule has 1 saturated heterocycles. The van der Waals surface area contributed by atoms with Crippen LogP contribution < -0.4 is 9.47 Å². The van der Waals surface area contributed by atoms with E-state index in [9.17, 15) is 5.11 Å². The van der Waals surface area contributed by atoms with Crippen LogP contribution in [0.25, 0.3) is 11.1 Å². The average Bonchev–Trinajstić information content (AvgIpc) is 2.69. The molecule has 6 heteroatoms. The lowest BCUT2D eigenvalue weighted by Crippen LogP contribution is -2.35. The molecule has 0 saturated carbocycles. The van der Waals surface area contributed by atoms with E-state index in [-0.39, 0.29) is 11.9 Å². The first-order valence-electron chi connectivity index (χ1n) is 9.70. The standard InChI is InChI=1S/C21H29N3O3/c1-4-5-6-18-17(15-7-8-19(25)20(13-15)26-3)14-21(23-22-18)27-16-9-11-24(2)12-10-16/h7-8,13-14,16,25H,4-6,9-12H2,1-3H3. The molecule has 2 aromatic rings. The second kappa shape index (κ2) is 9.04. The molecule has 0 amide bonds. The molecule has 0 unspecified atom stereocenters. The molecule has 1 aromatic carbocycles. The molecule has 1 aromatic heterocycles. The van der Waals surface area contributed by atoms with Crippen LogP contribution in [-0.2, 0) is 6.42 Å². The lowest BCUT2D eigenvalue weighted by molar-refractivity contribution is 0.109. The van der Waals surface area contributed by atoms with Gasteiger partial charge in [-0.15, -0.1) is 5.10 Å². The largest absolute Gasteiger partial charge is 0.504 e. The van der Waals surface area contributed by atoms with Gasteiger partial charge in [-0.05, 0) is 50.4 Å². The minimum atomic E-state index is 0.126. The minimum Gasteiger partial charge on any atom is -0.504 e. The van der Waals surface area contributed by atoms with E-state index in [1.54, 1.807) is 13.2 Å². The summed E-state index contributed by atoms with van der Waals surface area (Å²) >= 11 is 0. The number of benzene rings is 1.